The molecule has 6 rings (SSSR count). The van der Waals surface area contributed by atoms with Gasteiger partial charge in [-0.15, -0.1) is 0 Å². The monoisotopic (exact) mass is 445 g/mol. The van der Waals surface area contributed by atoms with Crippen LogP contribution >= 0.6 is 0 Å². The highest BCUT2D eigenvalue weighted by molar-refractivity contribution is 6.11. The molecule has 1 amide bonds. The van der Waals surface area contributed by atoms with Crippen LogP contribution in [0.1, 0.15) is 34.8 Å². The first-order chi connectivity index (χ1) is 16.1. The average Bonchev–Trinajstić information content (AvgIpc) is 3.49. The van der Waals surface area contributed by atoms with E-state index in [1.165, 1.54) is 0 Å². The van der Waals surface area contributed by atoms with Gasteiger partial charge in [0.15, 0.2) is 0 Å². The van der Waals surface area contributed by atoms with E-state index in [1.54, 1.807) is 30.5 Å². The second-order valence-corrected chi connectivity index (χ2v) is 8.47. The standard InChI is InChI=1S/C24H23N5O4/c1-32-21-11-14-4-7-28(20(14)13-25-21)24(31)15-2-3-17-19(10-15)27-23(30)18-12-26-29(22(17)18)16-5-8-33-9-6-16/h2-3,10-13,16H,4-9H2,1H3,(H,27,30). The molecule has 1 N–H and O–H groups in total. The number of carbonyl (C=O) groups excluding carboxylic acids is 1. The van der Waals surface area contributed by atoms with Crippen molar-refractivity contribution in [3.05, 3.63) is 58.1 Å². The molecular weight excluding hydrogens is 422 g/mol. The van der Waals surface area contributed by atoms with Crippen LogP contribution in [0.2, 0.25) is 0 Å². The number of aromatic nitrogens is 4. The molecule has 9 heteroatoms. The topological polar surface area (TPSA) is 102 Å². The van der Waals surface area contributed by atoms with Gasteiger partial charge in [0.05, 0.1) is 47.7 Å². The minimum atomic E-state index is -0.205. The summed E-state index contributed by atoms with van der Waals surface area (Å²) in [5.74, 6) is 0.415. The molecule has 33 heavy (non-hydrogen) atoms. The van der Waals surface area contributed by atoms with Gasteiger partial charge in [0.25, 0.3) is 11.5 Å². The Morgan fingerprint density at radius 2 is 2.03 bits per heavy atom. The molecule has 1 saturated heterocycles. The number of nitrogens with one attached hydrogen (secondary N) is 1. The smallest absolute Gasteiger partial charge is 0.259 e. The van der Waals surface area contributed by atoms with Gasteiger partial charge >= 0.3 is 0 Å². The van der Waals surface area contributed by atoms with E-state index in [9.17, 15) is 9.59 Å². The number of fused-ring (bicyclic) bond motifs is 4. The molecule has 168 valence electrons. The van der Waals surface area contributed by atoms with Crippen LogP contribution in [-0.4, -0.2) is 52.5 Å². The summed E-state index contributed by atoms with van der Waals surface area (Å²) < 4.78 is 12.6. The maximum atomic E-state index is 13.4. The summed E-state index contributed by atoms with van der Waals surface area (Å²) in [4.78, 5) is 35.1. The van der Waals surface area contributed by atoms with Crippen molar-refractivity contribution in [3.8, 4) is 5.88 Å². The number of ether oxygens (including phenoxy) is 2. The molecule has 3 aromatic heterocycles. The lowest BCUT2D eigenvalue weighted by Gasteiger charge is -2.23. The summed E-state index contributed by atoms with van der Waals surface area (Å²) in [7, 11) is 1.58. The summed E-state index contributed by atoms with van der Waals surface area (Å²) in [6, 6.07) is 7.54. The van der Waals surface area contributed by atoms with Crippen molar-refractivity contribution in [2.75, 3.05) is 31.8 Å². The van der Waals surface area contributed by atoms with Gasteiger partial charge in [-0.3, -0.25) is 14.3 Å². The zero-order chi connectivity index (χ0) is 22.5. The van der Waals surface area contributed by atoms with E-state index >= 15 is 0 Å². The summed E-state index contributed by atoms with van der Waals surface area (Å²) in [6.07, 6.45) is 5.77. The van der Waals surface area contributed by atoms with E-state index in [4.69, 9.17) is 9.47 Å². The molecule has 0 saturated carbocycles. The lowest BCUT2D eigenvalue weighted by molar-refractivity contribution is 0.0675. The summed E-state index contributed by atoms with van der Waals surface area (Å²) >= 11 is 0. The first-order valence-electron chi connectivity index (χ1n) is 11.1. The Kier molecular flexibility index (Phi) is 4.65. The molecule has 0 spiro atoms. The fourth-order valence-corrected chi connectivity index (χ4v) is 4.92. The van der Waals surface area contributed by atoms with Gasteiger partial charge in [-0.2, -0.15) is 5.10 Å². The average molecular weight is 445 g/mol. The van der Waals surface area contributed by atoms with Gasteiger partial charge in [-0.25, -0.2) is 4.98 Å². The van der Waals surface area contributed by atoms with Crippen molar-refractivity contribution >= 4 is 33.4 Å². The SMILES string of the molecule is COc1cc2c(cn1)N(C(=O)c1ccc3c(c1)[nH]c(=O)c1cnn(C4CCOCC4)c13)CC2. The van der Waals surface area contributed by atoms with E-state index in [-0.39, 0.29) is 17.5 Å². The van der Waals surface area contributed by atoms with E-state index in [2.05, 4.69) is 15.1 Å². The number of benzene rings is 1. The van der Waals surface area contributed by atoms with Crippen LogP contribution in [-0.2, 0) is 11.2 Å². The molecule has 1 fully saturated rings. The van der Waals surface area contributed by atoms with Crippen molar-refractivity contribution in [2.24, 2.45) is 0 Å². The highest BCUT2D eigenvalue weighted by atomic mass is 16.5. The molecule has 2 aliphatic rings. The van der Waals surface area contributed by atoms with Gasteiger partial charge in [0.1, 0.15) is 0 Å². The van der Waals surface area contributed by atoms with Crippen molar-refractivity contribution in [3.63, 3.8) is 0 Å². The largest absolute Gasteiger partial charge is 0.481 e. The molecular formula is C24H23N5O4. The number of anilines is 1. The van der Waals surface area contributed by atoms with E-state index in [0.29, 0.717) is 42.1 Å². The molecule has 9 nitrogen and oxygen atoms in total. The lowest BCUT2D eigenvalue weighted by Crippen LogP contribution is -2.29. The van der Waals surface area contributed by atoms with Gasteiger partial charge < -0.3 is 19.4 Å². The molecule has 5 heterocycles. The fraction of sp³-hybridized carbons (Fsp3) is 0.333. The van der Waals surface area contributed by atoms with Crippen LogP contribution in [0.5, 0.6) is 5.88 Å². The van der Waals surface area contributed by atoms with E-state index < -0.39 is 0 Å². The first-order valence-corrected chi connectivity index (χ1v) is 11.1. The number of methoxy groups -OCH3 is 1. The molecule has 0 atom stereocenters. The Hall–Kier alpha value is -3.72. The molecule has 0 bridgehead atoms. The van der Waals surface area contributed by atoms with Crippen molar-refractivity contribution in [2.45, 2.75) is 25.3 Å². The third-order valence-electron chi connectivity index (χ3n) is 6.64. The van der Waals surface area contributed by atoms with Crippen LogP contribution in [0.15, 0.2) is 41.5 Å². The van der Waals surface area contributed by atoms with Crippen LogP contribution in [0.3, 0.4) is 0 Å². The Balaban J connectivity index is 1.41. The lowest BCUT2D eigenvalue weighted by atomic mass is 10.1. The summed E-state index contributed by atoms with van der Waals surface area (Å²) in [6.45, 7) is 1.95. The number of amides is 1. The second kappa shape index (κ2) is 7.70. The van der Waals surface area contributed by atoms with Crippen LogP contribution < -0.4 is 15.2 Å². The fourth-order valence-electron chi connectivity index (χ4n) is 4.92. The van der Waals surface area contributed by atoms with Gasteiger partial charge in [-0.05, 0) is 43.0 Å². The van der Waals surface area contributed by atoms with Gasteiger partial charge in [0, 0.05) is 36.8 Å². The highest BCUT2D eigenvalue weighted by Crippen LogP contribution is 2.32. The van der Waals surface area contributed by atoms with Crippen molar-refractivity contribution in [1.82, 2.24) is 19.7 Å². The first kappa shape index (κ1) is 19.9. The van der Waals surface area contributed by atoms with E-state index in [0.717, 1.165) is 41.4 Å². The zero-order valence-corrected chi connectivity index (χ0v) is 18.2. The maximum Gasteiger partial charge on any atom is 0.259 e. The van der Waals surface area contributed by atoms with Crippen molar-refractivity contribution < 1.29 is 14.3 Å². The molecule has 4 aromatic rings. The third kappa shape index (κ3) is 3.19. The number of rotatable bonds is 3. The Bertz CT molecular complexity index is 1450. The number of nitrogens with zero attached hydrogens (tertiary/aromatic N) is 4. The number of pyridine rings is 2. The normalized spacial score (nSPS) is 16.5. The van der Waals surface area contributed by atoms with Crippen LogP contribution in [0, 0.1) is 0 Å². The molecule has 0 unspecified atom stereocenters. The minimum Gasteiger partial charge on any atom is -0.481 e. The summed E-state index contributed by atoms with van der Waals surface area (Å²) in [5, 5.41) is 5.97. The van der Waals surface area contributed by atoms with Gasteiger partial charge in [-0.1, -0.05) is 0 Å². The zero-order valence-electron chi connectivity index (χ0n) is 18.2. The molecule has 0 aliphatic carbocycles. The number of hydrogen-bond donors (Lipinski definition) is 1. The Labute approximate surface area is 188 Å². The predicted octanol–water partition coefficient (Wildman–Crippen LogP) is 2.84. The molecule has 0 radical (unpaired) electrons. The van der Waals surface area contributed by atoms with Crippen LogP contribution in [0.25, 0.3) is 21.8 Å². The number of carbonyl (C=O) groups is 1. The third-order valence-corrected chi connectivity index (χ3v) is 6.64. The highest BCUT2D eigenvalue weighted by Gasteiger charge is 2.27. The molecule has 2 aliphatic heterocycles. The van der Waals surface area contributed by atoms with Crippen LogP contribution in [0.4, 0.5) is 5.69 Å². The van der Waals surface area contributed by atoms with Crippen molar-refractivity contribution in [1.29, 1.82) is 0 Å². The minimum absolute atomic E-state index is 0.124. The van der Waals surface area contributed by atoms with E-state index in [1.807, 2.05) is 22.9 Å². The Morgan fingerprint density at radius 3 is 2.85 bits per heavy atom. The quantitative estimate of drug-likeness (QED) is 0.520. The number of H-pyrrole nitrogens is 1. The maximum absolute atomic E-state index is 13.4. The number of aromatic amines is 1. The molecule has 1 aromatic carbocycles. The predicted molar refractivity (Wildman–Crippen MR) is 123 cm³/mol. The van der Waals surface area contributed by atoms with Gasteiger partial charge in [0.2, 0.25) is 5.88 Å². The Morgan fingerprint density at radius 1 is 1.18 bits per heavy atom. The summed E-state index contributed by atoms with van der Waals surface area (Å²) in [5.41, 5.74) is 3.57. The second-order valence-electron chi connectivity index (χ2n) is 8.47. The number of hydrogen-bond acceptors (Lipinski definition) is 6.